The Morgan fingerprint density at radius 1 is 1.00 bits per heavy atom. The van der Waals surface area contributed by atoms with E-state index in [1.54, 1.807) is 22.0 Å². The predicted molar refractivity (Wildman–Crippen MR) is 100 cm³/mol. The van der Waals surface area contributed by atoms with Gasteiger partial charge >= 0.3 is 0 Å². The summed E-state index contributed by atoms with van der Waals surface area (Å²) >= 11 is 0. The average Bonchev–Trinajstić information content (AvgIpc) is 3.03. The maximum absolute atomic E-state index is 13.1. The van der Waals surface area contributed by atoms with E-state index >= 15 is 0 Å². The largest absolute Gasteiger partial charge is 0.273 e. The second-order valence-electron chi connectivity index (χ2n) is 7.28. The quantitative estimate of drug-likeness (QED) is 0.712. The van der Waals surface area contributed by atoms with Crippen LogP contribution in [0, 0.1) is 13.8 Å². The zero-order valence-electron chi connectivity index (χ0n) is 15.6. The molecule has 0 bridgehead atoms. The minimum atomic E-state index is -0.594. The molecule has 0 N–H and O–H groups in total. The Balaban J connectivity index is 1.88. The lowest BCUT2D eigenvalue weighted by Gasteiger charge is -2.18. The van der Waals surface area contributed by atoms with E-state index in [0.717, 1.165) is 33.9 Å². The summed E-state index contributed by atoms with van der Waals surface area (Å²) in [4.78, 5) is 23.4. The first kappa shape index (κ1) is 16.4. The fraction of sp³-hybridized carbons (Fsp3) is 0.300. The van der Waals surface area contributed by atoms with Gasteiger partial charge in [0.2, 0.25) is 5.91 Å². The number of hydrogen-bond donors (Lipinski definition) is 0. The number of benzene rings is 1. The highest BCUT2D eigenvalue weighted by Gasteiger charge is 2.45. The number of aryl methyl sites for hydroxylation is 3. The Kier molecular flexibility index (Phi) is 3.47. The highest BCUT2D eigenvalue weighted by atomic mass is 16.2. The number of hydrogen-bond acceptors (Lipinski definition) is 4. The van der Waals surface area contributed by atoms with Gasteiger partial charge in [0.1, 0.15) is 5.82 Å². The summed E-state index contributed by atoms with van der Waals surface area (Å²) < 4.78 is 1.78. The Bertz CT molecular complexity index is 998. The summed E-state index contributed by atoms with van der Waals surface area (Å²) in [6.07, 6.45) is 3.61. The van der Waals surface area contributed by atoms with Crippen LogP contribution >= 0.6 is 0 Å². The summed E-state index contributed by atoms with van der Waals surface area (Å²) in [6.45, 7) is 7.75. The Hall–Kier alpha value is -3.02. The van der Waals surface area contributed by atoms with Gasteiger partial charge in [-0.2, -0.15) is 5.10 Å². The van der Waals surface area contributed by atoms with E-state index in [0.29, 0.717) is 5.82 Å². The number of rotatable bonds is 2. The molecule has 1 amide bonds. The smallest absolute Gasteiger partial charge is 0.242 e. The van der Waals surface area contributed by atoms with Crippen molar-refractivity contribution in [2.24, 2.45) is 7.05 Å². The van der Waals surface area contributed by atoms with E-state index < -0.39 is 5.41 Å². The minimum Gasteiger partial charge on any atom is -0.273 e. The maximum Gasteiger partial charge on any atom is 0.242 e. The Morgan fingerprint density at radius 2 is 1.69 bits per heavy atom. The monoisotopic (exact) mass is 347 g/mol. The highest BCUT2D eigenvalue weighted by Crippen LogP contribution is 2.46. The molecule has 26 heavy (non-hydrogen) atoms. The Morgan fingerprint density at radius 3 is 2.31 bits per heavy atom. The standard InChI is InChI=1S/C20H21N5O/c1-12-8-18(23-24(12)5)25-17-9-14(15-10-21-13(2)22-11-15)6-7-16(17)20(3,4)19(25)26/h6-11H,1-5H3. The summed E-state index contributed by atoms with van der Waals surface area (Å²) in [7, 11) is 1.88. The number of nitrogens with zero attached hydrogens (tertiary/aromatic N) is 5. The normalized spacial score (nSPS) is 15.4. The van der Waals surface area contributed by atoms with Crippen LogP contribution in [-0.4, -0.2) is 25.7 Å². The summed E-state index contributed by atoms with van der Waals surface area (Å²) in [5.74, 6) is 1.42. The van der Waals surface area contributed by atoms with Gasteiger partial charge in [-0.3, -0.25) is 14.4 Å². The van der Waals surface area contributed by atoms with Crippen molar-refractivity contribution >= 4 is 17.4 Å². The number of carbonyl (C=O) groups excluding carboxylic acids is 1. The van der Waals surface area contributed by atoms with Gasteiger partial charge in [0.25, 0.3) is 0 Å². The van der Waals surface area contributed by atoms with Crippen molar-refractivity contribution in [3.8, 4) is 11.1 Å². The zero-order valence-corrected chi connectivity index (χ0v) is 15.6. The van der Waals surface area contributed by atoms with Crippen molar-refractivity contribution in [2.45, 2.75) is 33.1 Å². The van der Waals surface area contributed by atoms with Crippen molar-refractivity contribution < 1.29 is 4.79 Å². The molecule has 4 rings (SSSR count). The third-order valence-corrected chi connectivity index (χ3v) is 5.09. The van der Waals surface area contributed by atoms with Gasteiger partial charge in [0.15, 0.2) is 5.82 Å². The first-order valence-electron chi connectivity index (χ1n) is 8.58. The predicted octanol–water partition coefficient (Wildman–Crippen LogP) is 3.45. The molecule has 132 valence electrons. The van der Waals surface area contributed by atoms with Crippen molar-refractivity contribution in [3.05, 3.63) is 53.7 Å². The molecule has 0 radical (unpaired) electrons. The minimum absolute atomic E-state index is 0.0305. The van der Waals surface area contributed by atoms with Gasteiger partial charge in [-0.25, -0.2) is 9.97 Å². The second kappa shape index (κ2) is 5.49. The van der Waals surface area contributed by atoms with Gasteiger partial charge in [-0.15, -0.1) is 0 Å². The first-order chi connectivity index (χ1) is 12.3. The SMILES string of the molecule is Cc1ncc(-c2ccc3c(c2)N(c2cc(C)n(C)n2)C(=O)C3(C)C)cn1. The molecule has 1 aliphatic rings. The van der Waals surface area contributed by atoms with Crippen LogP contribution in [0.2, 0.25) is 0 Å². The molecule has 0 saturated carbocycles. The average molecular weight is 347 g/mol. The van der Waals surface area contributed by atoms with Gasteiger partial charge in [-0.1, -0.05) is 12.1 Å². The van der Waals surface area contributed by atoms with Crippen molar-refractivity contribution in [1.82, 2.24) is 19.7 Å². The fourth-order valence-electron chi connectivity index (χ4n) is 3.35. The Labute approximate surface area is 152 Å². The van der Waals surface area contributed by atoms with Gasteiger partial charge < -0.3 is 0 Å². The molecule has 1 aromatic carbocycles. The van der Waals surface area contributed by atoms with Crippen LogP contribution in [0.5, 0.6) is 0 Å². The molecule has 0 unspecified atom stereocenters. The van der Waals surface area contributed by atoms with Crippen LogP contribution in [-0.2, 0) is 17.3 Å². The van der Waals surface area contributed by atoms with Crippen molar-refractivity contribution in [2.75, 3.05) is 4.90 Å². The van der Waals surface area contributed by atoms with Crippen molar-refractivity contribution in [3.63, 3.8) is 0 Å². The van der Waals surface area contributed by atoms with Crippen LogP contribution in [0.15, 0.2) is 36.7 Å². The van der Waals surface area contributed by atoms with E-state index in [1.165, 1.54) is 0 Å². The van der Waals surface area contributed by atoms with Gasteiger partial charge in [-0.05, 0) is 44.9 Å². The highest BCUT2D eigenvalue weighted by molar-refractivity contribution is 6.12. The molecule has 3 heterocycles. The van der Waals surface area contributed by atoms with Crippen LogP contribution in [0.4, 0.5) is 11.5 Å². The molecule has 3 aromatic rings. The molecular weight excluding hydrogens is 326 g/mol. The zero-order chi connectivity index (χ0) is 18.6. The van der Waals surface area contributed by atoms with E-state index in [2.05, 4.69) is 15.1 Å². The van der Waals surface area contributed by atoms with Crippen LogP contribution in [0.3, 0.4) is 0 Å². The lowest BCUT2D eigenvalue weighted by molar-refractivity contribution is -0.121. The summed E-state index contributed by atoms with van der Waals surface area (Å²) in [5, 5.41) is 4.52. The number of aromatic nitrogens is 4. The third kappa shape index (κ3) is 2.33. The molecule has 6 heteroatoms. The number of carbonyl (C=O) groups is 1. The summed E-state index contributed by atoms with van der Waals surface area (Å²) in [5.41, 5.74) is 4.18. The van der Waals surface area contributed by atoms with Crippen LogP contribution < -0.4 is 4.90 Å². The first-order valence-corrected chi connectivity index (χ1v) is 8.58. The second-order valence-corrected chi connectivity index (χ2v) is 7.28. The molecule has 0 atom stereocenters. The lowest BCUT2D eigenvalue weighted by atomic mass is 9.85. The molecule has 0 aliphatic carbocycles. The van der Waals surface area contributed by atoms with Gasteiger partial charge in [0, 0.05) is 36.8 Å². The van der Waals surface area contributed by atoms with Crippen LogP contribution in [0.1, 0.15) is 30.9 Å². The van der Waals surface area contributed by atoms with Crippen LogP contribution in [0.25, 0.3) is 11.1 Å². The van der Waals surface area contributed by atoms with E-state index in [1.807, 2.05) is 59.0 Å². The molecule has 0 fully saturated rings. The molecule has 6 nitrogen and oxygen atoms in total. The molecule has 1 aliphatic heterocycles. The fourth-order valence-corrected chi connectivity index (χ4v) is 3.35. The summed E-state index contributed by atoms with van der Waals surface area (Å²) in [6, 6.07) is 8.01. The maximum atomic E-state index is 13.1. The number of anilines is 2. The van der Waals surface area contributed by atoms with Gasteiger partial charge in [0.05, 0.1) is 11.1 Å². The molecule has 2 aromatic heterocycles. The lowest BCUT2D eigenvalue weighted by Crippen LogP contribution is -2.33. The topological polar surface area (TPSA) is 63.9 Å². The molecule has 0 saturated heterocycles. The third-order valence-electron chi connectivity index (χ3n) is 5.09. The van der Waals surface area contributed by atoms with E-state index in [4.69, 9.17) is 0 Å². The number of amides is 1. The molecule has 0 spiro atoms. The molecular formula is C20H21N5O. The van der Waals surface area contributed by atoms with E-state index in [-0.39, 0.29) is 5.91 Å². The van der Waals surface area contributed by atoms with Crippen molar-refractivity contribution in [1.29, 1.82) is 0 Å². The number of fused-ring (bicyclic) bond motifs is 1. The van der Waals surface area contributed by atoms with E-state index in [9.17, 15) is 4.79 Å².